The molecule has 0 aliphatic carbocycles. The summed E-state index contributed by atoms with van der Waals surface area (Å²) in [7, 11) is 1.59. The minimum atomic E-state index is -0.113. The van der Waals surface area contributed by atoms with Gasteiger partial charge >= 0.3 is 0 Å². The monoisotopic (exact) mass is 466 g/mol. The summed E-state index contributed by atoms with van der Waals surface area (Å²) in [6, 6.07) is 8.01. The van der Waals surface area contributed by atoms with Crippen molar-refractivity contribution in [1.29, 1.82) is 0 Å². The molecule has 0 aliphatic heterocycles. The van der Waals surface area contributed by atoms with Crippen LogP contribution in [-0.4, -0.2) is 17.1 Å². The Hall–Kier alpha value is -0.380. The Labute approximate surface area is 143 Å². The number of H-pyrrole nitrogens is 1. The third-order valence-electron chi connectivity index (χ3n) is 2.43. The van der Waals surface area contributed by atoms with Crippen molar-refractivity contribution in [1.82, 2.24) is 9.97 Å². The fourth-order valence-corrected chi connectivity index (χ4v) is 3.35. The molecule has 0 saturated carbocycles. The summed E-state index contributed by atoms with van der Waals surface area (Å²) in [5, 5.41) is 0. The first-order chi connectivity index (χ1) is 9.60. The number of rotatable bonds is 5. The highest BCUT2D eigenvalue weighted by Gasteiger charge is 2.09. The molecule has 1 aromatic carbocycles. The van der Waals surface area contributed by atoms with Crippen LogP contribution in [0.3, 0.4) is 0 Å². The van der Waals surface area contributed by atoms with Gasteiger partial charge in [0.2, 0.25) is 0 Å². The van der Waals surface area contributed by atoms with Gasteiger partial charge in [-0.05, 0) is 40.8 Å². The van der Waals surface area contributed by atoms with Crippen molar-refractivity contribution in [3.63, 3.8) is 0 Å². The van der Waals surface area contributed by atoms with Crippen molar-refractivity contribution >= 4 is 50.3 Å². The zero-order valence-electron chi connectivity index (χ0n) is 10.7. The van der Waals surface area contributed by atoms with Gasteiger partial charge in [-0.2, -0.15) is 0 Å². The number of aromatic amines is 1. The van der Waals surface area contributed by atoms with Crippen LogP contribution in [0.4, 0.5) is 0 Å². The van der Waals surface area contributed by atoms with Gasteiger partial charge in [0.25, 0.3) is 5.56 Å². The number of nitrogens with zero attached hydrogens (tertiary/aromatic N) is 1. The van der Waals surface area contributed by atoms with E-state index in [1.54, 1.807) is 18.9 Å². The molecule has 7 heteroatoms. The molecule has 1 N–H and O–H groups in total. The fourth-order valence-electron chi connectivity index (χ4n) is 1.57. The Kier molecular flexibility index (Phi) is 6.06. The molecule has 1 aromatic heterocycles. The van der Waals surface area contributed by atoms with Crippen LogP contribution < -0.4 is 5.56 Å². The maximum absolute atomic E-state index is 11.8. The van der Waals surface area contributed by atoms with Gasteiger partial charge in [-0.15, -0.1) is 11.8 Å². The summed E-state index contributed by atoms with van der Waals surface area (Å²) in [4.78, 5) is 20.2. The second-order valence-corrected chi connectivity index (χ2v) is 7.00. The highest BCUT2D eigenvalue weighted by Crippen LogP contribution is 2.24. The summed E-state index contributed by atoms with van der Waals surface area (Å²) in [6.07, 6.45) is 0. The van der Waals surface area contributed by atoms with Crippen LogP contribution in [0, 0.1) is 3.57 Å². The lowest BCUT2D eigenvalue weighted by Gasteiger charge is -2.06. The van der Waals surface area contributed by atoms with Crippen molar-refractivity contribution in [3.05, 3.63) is 54.2 Å². The van der Waals surface area contributed by atoms with Gasteiger partial charge in [0.1, 0.15) is 9.39 Å². The first-order valence-corrected chi connectivity index (χ1v) is 8.60. The minimum Gasteiger partial charge on any atom is -0.378 e. The van der Waals surface area contributed by atoms with E-state index in [-0.39, 0.29) is 5.56 Å². The SMILES string of the molecule is COCc1nc(CSc2cccc(Br)c2)[nH]c(=O)c1I. The van der Waals surface area contributed by atoms with E-state index >= 15 is 0 Å². The summed E-state index contributed by atoms with van der Waals surface area (Å²) in [6.45, 7) is 0.344. The standard InChI is InChI=1S/C13H12BrIN2O2S/c1-19-6-10-12(15)13(18)17-11(16-10)7-20-9-4-2-3-8(14)5-9/h2-5H,6-7H2,1H3,(H,16,17,18). The van der Waals surface area contributed by atoms with Crippen LogP contribution in [0.1, 0.15) is 11.5 Å². The number of ether oxygens (including phenoxy) is 1. The van der Waals surface area contributed by atoms with Gasteiger partial charge < -0.3 is 9.72 Å². The minimum absolute atomic E-state index is 0.113. The van der Waals surface area contributed by atoms with Gasteiger partial charge in [-0.1, -0.05) is 22.0 Å². The van der Waals surface area contributed by atoms with Crippen molar-refractivity contribution in [3.8, 4) is 0 Å². The number of methoxy groups -OCH3 is 1. The van der Waals surface area contributed by atoms with E-state index in [0.717, 1.165) is 9.37 Å². The van der Waals surface area contributed by atoms with Gasteiger partial charge in [0.05, 0.1) is 18.1 Å². The van der Waals surface area contributed by atoms with Crippen LogP contribution >= 0.6 is 50.3 Å². The third kappa shape index (κ3) is 4.31. The molecule has 0 spiro atoms. The fraction of sp³-hybridized carbons (Fsp3) is 0.231. The molecule has 0 amide bonds. The van der Waals surface area contributed by atoms with Crippen LogP contribution in [0.5, 0.6) is 0 Å². The van der Waals surface area contributed by atoms with Crippen LogP contribution in [0.15, 0.2) is 38.4 Å². The zero-order valence-corrected chi connectivity index (χ0v) is 15.2. The first kappa shape index (κ1) is 16.0. The number of hydrogen-bond acceptors (Lipinski definition) is 4. The van der Waals surface area contributed by atoms with Crippen molar-refractivity contribution in [2.24, 2.45) is 0 Å². The van der Waals surface area contributed by atoms with Crippen molar-refractivity contribution < 1.29 is 4.74 Å². The summed E-state index contributed by atoms with van der Waals surface area (Å²) < 4.78 is 6.68. The topological polar surface area (TPSA) is 55.0 Å². The molecule has 0 unspecified atom stereocenters. The Bertz CT molecular complexity index is 663. The van der Waals surface area contributed by atoms with Crippen molar-refractivity contribution in [2.75, 3.05) is 7.11 Å². The predicted octanol–water partition coefficient (Wildman–Crippen LogP) is 3.58. The summed E-state index contributed by atoms with van der Waals surface area (Å²) >= 11 is 7.05. The van der Waals surface area contributed by atoms with Gasteiger partial charge in [0, 0.05) is 16.5 Å². The number of nitrogens with one attached hydrogen (secondary N) is 1. The van der Waals surface area contributed by atoms with Gasteiger partial charge in [-0.25, -0.2) is 4.98 Å². The second kappa shape index (κ2) is 7.58. The maximum Gasteiger partial charge on any atom is 0.264 e. The van der Waals surface area contributed by atoms with Crippen LogP contribution in [0.2, 0.25) is 0 Å². The number of hydrogen-bond donors (Lipinski definition) is 1. The Morgan fingerprint density at radius 3 is 3.00 bits per heavy atom. The molecule has 0 radical (unpaired) electrons. The Balaban J connectivity index is 2.15. The number of halogens is 2. The van der Waals surface area contributed by atoms with E-state index in [2.05, 4.69) is 25.9 Å². The molecule has 0 atom stereocenters. The molecule has 106 valence electrons. The smallest absolute Gasteiger partial charge is 0.264 e. The average molecular weight is 467 g/mol. The molecule has 4 nitrogen and oxygen atoms in total. The largest absolute Gasteiger partial charge is 0.378 e. The van der Waals surface area contributed by atoms with Crippen LogP contribution in [0.25, 0.3) is 0 Å². The molecule has 2 aromatic rings. The van der Waals surface area contributed by atoms with E-state index in [4.69, 9.17) is 4.74 Å². The first-order valence-electron chi connectivity index (χ1n) is 5.75. The van der Waals surface area contributed by atoms with Gasteiger partial charge in [0.15, 0.2) is 0 Å². The van der Waals surface area contributed by atoms with Gasteiger partial charge in [-0.3, -0.25) is 4.79 Å². The number of benzene rings is 1. The van der Waals surface area contributed by atoms with E-state index in [9.17, 15) is 4.79 Å². The zero-order chi connectivity index (χ0) is 14.5. The lowest BCUT2D eigenvalue weighted by Crippen LogP contribution is -2.18. The third-order valence-corrected chi connectivity index (χ3v) is 5.04. The number of thioether (sulfide) groups is 1. The van der Waals surface area contributed by atoms with Crippen LogP contribution in [-0.2, 0) is 17.1 Å². The molecule has 0 bridgehead atoms. The lowest BCUT2D eigenvalue weighted by atomic mass is 10.4. The molecule has 0 fully saturated rings. The van der Waals surface area contributed by atoms with E-state index in [1.165, 1.54) is 0 Å². The average Bonchev–Trinajstić information content (AvgIpc) is 2.42. The molecular formula is C13H12BrIN2O2S. The molecule has 0 aliphatic rings. The highest BCUT2D eigenvalue weighted by molar-refractivity contribution is 14.1. The highest BCUT2D eigenvalue weighted by atomic mass is 127. The van der Waals surface area contributed by atoms with E-state index in [1.807, 2.05) is 46.9 Å². The normalized spacial score (nSPS) is 10.8. The Morgan fingerprint density at radius 1 is 1.50 bits per heavy atom. The van der Waals surface area contributed by atoms with Crippen molar-refractivity contribution in [2.45, 2.75) is 17.3 Å². The second-order valence-electron chi connectivity index (χ2n) is 3.95. The number of aromatic nitrogens is 2. The van der Waals surface area contributed by atoms with E-state index < -0.39 is 0 Å². The summed E-state index contributed by atoms with van der Waals surface area (Å²) in [5.74, 6) is 1.27. The molecule has 1 heterocycles. The maximum atomic E-state index is 11.8. The molecular weight excluding hydrogens is 455 g/mol. The predicted molar refractivity (Wildman–Crippen MR) is 92.0 cm³/mol. The molecule has 0 saturated heterocycles. The summed E-state index contributed by atoms with van der Waals surface area (Å²) in [5.41, 5.74) is 0.569. The Morgan fingerprint density at radius 2 is 2.30 bits per heavy atom. The quantitative estimate of drug-likeness (QED) is 0.540. The lowest BCUT2D eigenvalue weighted by molar-refractivity contribution is 0.180. The molecule has 2 rings (SSSR count). The van der Waals surface area contributed by atoms with E-state index in [0.29, 0.717) is 27.4 Å². The molecule has 20 heavy (non-hydrogen) atoms.